The van der Waals surface area contributed by atoms with Gasteiger partial charge in [-0.05, 0) is 36.4 Å². The largest absolute Gasteiger partial charge is 0.495 e. The highest BCUT2D eigenvalue weighted by atomic mass is 35.5. The van der Waals surface area contributed by atoms with E-state index in [1.165, 1.54) is 7.11 Å². The van der Waals surface area contributed by atoms with Crippen molar-refractivity contribution in [3.8, 4) is 5.75 Å². The molecule has 0 aliphatic carbocycles. The molecule has 3 rings (SSSR count). The van der Waals surface area contributed by atoms with Crippen molar-refractivity contribution in [1.29, 1.82) is 0 Å². The van der Waals surface area contributed by atoms with Crippen molar-refractivity contribution in [3.63, 3.8) is 0 Å². The number of carbonyl (C=O) groups excluding carboxylic acids is 1. The lowest BCUT2D eigenvalue weighted by Gasteiger charge is -2.08. The van der Waals surface area contributed by atoms with Crippen LogP contribution in [0.3, 0.4) is 0 Å². The van der Waals surface area contributed by atoms with Crippen LogP contribution in [0.2, 0.25) is 5.02 Å². The van der Waals surface area contributed by atoms with Crippen LogP contribution in [0.4, 0.5) is 5.69 Å². The van der Waals surface area contributed by atoms with Gasteiger partial charge in [-0.3, -0.25) is 4.79 Å². The van der Waals surface area contributed by atoms with E-state index in [0.717, 1.165) is 0 Å². The molecule has 2 aromatic carbocycles. The predicted octanol–water partition coefficient (Wildman–Crippen LogP) is 4.05. The highest BCUT2D eigenvalue weighted by molar-refractivity contribution is 6.32. The minimum Gasteiger partial charge on any atom is -0.495 e. The van der Waals surface area contributed by atoms with Crippen molar-refractivity contribution in [2.24, 2.45) is 0 Å². The molecule has 0 atom stereocenters. The second-order valence-corrected chi connectivity index (χ2v) is 5.13. The van der Waals surface area contributed by atoms with Gasteiger partial charge in [-0.2, -0.15) is 0 Å². The number of hydrogen-bond acceptors (Lipinski definition) is 4. The van der Waals surface area contributed by atoms with Crippen LogP contribution in [0.15, 0.2) is 40.8 Å². The van der Waals surface area contributed by atoms with Crippen LogP contribution in [0, 0.1) is 6.92 Å². The Bertz CT molecular complexity index is 858. The molecule has 0 unspecified atom stereocenters. The SMILES string of the molecule is COc1ccc(NC(=O)c2ccc3oc(C)nc3c2)cc1Cl. The number of fused-ring (bicyclic) bond motifs is 1. The second kappa shape index (κ2) is 5.69. The lowest BCUT2D eigenvalue weighted by Crippen LogP contribution is -2.11. The van der Waals surface area contributed by atoms with E-state index in [4.69, 9.17) is 20.8 Å². The molecule has 5 nitrogen and oxygen atoms in total. The summed E-state index contributed by atoms with van der Waals surface area (Å²) < 4.78 is 10.5. The minimum absolute atomic E-state index is 0.246. The molecular weight excluding hydrogens is 304 g/mol. The number of carbonyl (C=O) groups is 1. The number of benzene rings is 2. The molecule has 1 heterocycles. The molecule has 112 valence electrons. The van der Waals surface area contributed by atoms with Gasteiger partial charge >= 0.3 is 0 Å². The Morgan fingerprint density at radius 1 is 1.27 bits per heavy atom. The standard InChI is InChI=1S/C16H13ClN2O3/c1-9-18-13-7-10(3-5-15(13)22-9)16(20)19-11-4-6-14(21-2)12(17)8-11/h3-8H,1-2H3,(H,19,20). The van der Waals surface area contributed by atoms with Crippen LogP contribution in [-0.4, -0.2) is 18.0 Å². The first kappa shape index (κ1) is 14.4. The number of methoxy groups -OCH3 is 1. The van der Waals surface area contributed by atoms with E-state index in [-0.39, 0.29) is 5.91 Å². The van der Waals surface area contributed by atoms with Gasteiger partial charge in [0.15, 0.2) is 11.5 Å². The molecule has 0 spiro atoms. The molecule has 1 amide bonds. The summed E-state index contributed by atoms with van der Waals surface area (Å²) in [7, 11) is 1.54. The van der Waals surface area contributed by atoms with Crippen LogP contribution < -0.4 is 10.1 Å². The van der Waals surface area contributed by atoms with Gasteiger partial charge in [0, 0.05) is 18.2 Å². The number of rotatable bonds is 3. The Hall–Kier alpha value is -2.53. The number of aromatic nitrogens is 1. The number of amides is 1. The molecule has 1 aromatic heterocycles. The van der Waals surface area contributed by atoms with Crippen LogP contribution in [-0.2, 0) is 0 Å². The summed E-state index contributed by atoms with van der Waals surface area (Å²) >= 11 is 6.04. The Kier molecular flexibility index (Phi) is 3.73. The van der Waals surface area contributed by atoms with Crippen LogP contribution in [0.25, 0.3) is 11.1 Å². The van der Waals surface area contributed by atoms with E-state index >= 15 is 0 Å². The topological polar surface area (TPSA) is 64.4 Å². The first-order chi connectivity index (χ1) is 10.6. The zero-order chi connectivity index (χ0) is 15.7. The van der Waals surface area contributed by atoms with Gasteiger partial charge in [0.2, 0.25) is 0 Å². The van der Waals surface area contributed by atoms with Crippen molar-refractivity contribution in [3.05, 3.63) is 52.9 Å². The number of halogens is 1. The van der Waals surface area contributed by atoms with Gasteiger partial charge in [-0.1, -0.05) is 11.6 Å². The highest BCUT2D eigenvalue weighted by Gasteiger charge is 2.11. The molecule has 0 aliphatic heterocycles. The van der Waals surface area contributed by atoms with Crippen LogP contribution in [0.5, 0.6) is 5.75 Å². The Morgan fingerprint density at radius 3 is 2.82 bits per heavy atom. The van der Waals surface area contributed by atoms with Gasteiger partial charge in [0.25, 0.3) is 5.91 Å². The van der Waals surface area contributed by atoms with Gasteiger partial charge in [0.05, 0.1) is 12.1 Å². The Morgan fingerprint density at radius 2 is 2.09 bits per heavy atom. The fraction of sp³-hybridized carbons (Fsp3) is 0.125. The first-order valence-electron chi connectivity index (χ1n) is 6.59. The third-order valence-electron chi connectivity index (χ3n) is 3.17. The highest BCUT2D eigenvalue weighted by Crippen LogP contribution is 2.27. The summed E-state index contributed by atoms with van der Waals surface area (Å²) in [6.45, 7) is 1.76. The average Bonchev–Trinajstić information content (AvgIpc) is 2.86. The fourth-order valence-electron chi connectivity index (χ4n) is 2.13. The number of ether oxygens (including phenoxy) is 1. The van der Waals surface area contributed by atoms with E-state index in [1.54, 1.807) is 43.3 Å². The predicted molar refractivity (Wildman–Crippen MR) is 84.7 cm³/mol. The normalized spacial score (nSPS) is 10.7. The van der Waals surface area contributed by atoms with E-state index < -0.39 is 0 Å². The van der Waals surface area contributed by atoms with Crippen molar-refractivity contribution in [2.45, 2.75) is 6.92 Å². The molecule has 0 saturated carbocycles. The molecule has 0 radical (unpaired) electrons. The van der Waals surface area contributed by atoms with E-state index in [9.17, 15) is 4.79 Å². The molecule has 3 aromatic rings. The Labute approximate surface area is 131 Å². The second-order valence-electron chi connectivity index (χ2n) is 4.72. The summed E-state index contributed by atoms with van der Waals surface area (Å²) in [4.78, 5) is 16.5. The first-order valence-corrected chi connectivity index (χ1v) is 6.96. The number of nitrogens with zero attached hydrogens (tertiary/aromatic N) is 1. The lowest BCUT2D eigenvalue weighted by atomic mass is 10.2. The average molecular weight is 317 g/mol. The van der Waals surface area contributed by atoms with Gasteiger partial charge in [-0.25, -0.2) is 4.98 Å². The molecule has 1 N–H and O–H groups in total. The van der Waals surface area contributed by atoms with E-state index in [2.05, 4.69) is 10.3 Å². The van der Waals surface area contributed by atoms with Crippen molar-refractivity contribution in [1.82, 2.24) is 4.98 Å². The summed E-state index contributed by atoms with van der Waals surface area (Å²) in [5.74, 6) is 0.873. The van der Waals surface area contributed by atoms with Crippen molar-refractivity contribution < 1.29 is 13.9 Å². The molecule has 0 aliphatic rings. The van der Waals surface area contributed by atoms with Crippen molar-refractivity contribution in [2.75, 3.05) is 12.4 Å². The van der Waals surface area contributed by atoms with Gasteiger partial charge < -0.3 is 14.5 Å². The lowest BCUT2D eigenvalue weighted by molar-refractivity contribution is 0.102. The van der Waals surface area contributed by atoms with E-state index in [0.29, 0.717) is 39.0 Å². The molecule has 6 heteroatoms. The number of nitrogens with one attached hydrogen (secondary N) is 1. The van der Waals surface area contributed by atoms with Crippen LogP contribution >= 0.6 is 11.6 Å². The third-order valence-corrected chi connectivity index (χ3v) is 3.46. The zero-order valence-corrected chi connectivity index (χ0v) is 12.8. The maximum absolute atomic E-state index is 12.3. The Balaban J connectivity index is 1.84. The summed E-state index contributed by atoms with van der Waals surface area (Å²) in [6.07, 6.45) is 0. The number of aryl methyl sites for hydroxylation is 1. The van der Waals surface area contributed by atoms with Gasteiger partial charge in [0.1, 0.15) is 11.3 Å². The molecule has 0 saturated heterocycles. The third kappa shape index (κ3) is 2.76. The zero-order valence-electron chi connectivity index (χ0n) is 12.0. The fourth-order valence-corrected chi connectivity index (χ4v) is 2.39. The molecule has 0 fully saturated rings. The number of hydrogen-bond donors (Lipinski definition) is 1. The summed E-state index contributed by atoms with van der Waals surface area (Å²) in [5, 5.41) is 3.22. The van der Waals surface area contributed by atoms with Crippen molar-refractivity contribution >= 4 is 34.3 Å². The minimum atomic E-state index is -0.246. The summed E-state index contributed by atoms with van der Waals surface area (Å²) in [6, 6.07) is 10.2. The number of anilines is 1. The molecule has 22 heavy (non-hydrogen) atoms. The molecular formula is C16H13ClN2O3. The maximum atomic E-state index is 12.3. The number of oxazole rings is 1. The van der Waals surface area contributed by atoms with Gasteiger partial charge in [-0.15, -0.1) is 0 Å². The quantitative estimate of drug-likeness (QED) is 0.791. The maximum Gasteiger partial charge on any atom is 0.255 e. The molecule has 0 bridgehead atoms. The van der Waals surface area contributed by atoms with E-state index in [1.807, 2.05) is 0 Å². The monoisotopic (exact) mass is 316 g/mol. The summed E-state index contributed by atoms with van der Waals surface area (Å²) in [5.41, 5.74) is 2.39. The van der Waals surface area contributed by atoms with Crippen LogP contribution in [0.1, 0.15) is 16.2 Å². The smallest absolute Gasteiger partial charge is 0.255 e.